The Balaban J connectivity index is 4.26. The summed E-state index contributed by atoms with van der Waals surface area (Å²) in [6.07, 6.45) is -0.561. The zero-order valence-electron chi connectivity index (χ0n) is 14.1. The van der Waals surface area contributed by atoms with Crippen LogP contribution >= 0.6 is 0 Å². The van der Waals surface area contributed by atoms with Crippen molar-refractivity contribution < 1.29 is 38.1 Å². The van der Waals surface area contributed by atoms with Gasteiger partial charge in [0, 0.05) is 6.54 Å². The third-order valence-corrected chi connectivity index (χ3v) is 2.96. The summed E-state index contributed by atoms with van der Waals surface area (Å²) in [7, 11) is 3.69. The van der Waals surface area contributed by atoms with Gasteiger partial charge < -0.3 is 29.6 Å². The summed E-state index contributed by atoms with van der Waals surface area (Å²) < 4.78 is 18.4. The van der Waals surface area contributed by atoms with Crippen molar-refractivity contribution in [3.8, 4) is 0 Å². The van der Waals surface area contributed by atoms with Crippen LogP contribution in [0.25, 0.3) is 0 Å². The SMILES string of the molecule is COC(=O)CC(CCCNC(=O)OC)C(=O)OCCNC(=O)OC. The van der Waals surface area contributed by atoms with Crippen LogP contribution in [0.5, 0.6) is 0 Å². The van der Waals surface area contributed by atoms with E-state index in [-0.39, 0.29) is 19.6 Å². The van der Waals surface area contributed by atoms with Crippen LogP contribution in [0.1, 0.15) is 19.3 Å². The smallest absolute Gasteiger partial charge is 0.406 e. The van der Waals surface area contributed by atoms with Crippen molar-refractivity contribution >= 4 is 24.1 Å². The molecule has 0 aromatic heterocycles. The Morgan fingerprint density at radius 3 is 2.00 bits per heavy atom. The highest BCUT2D eigenvalue weighted by molar-refractivity contribution is 5.79. The molecule has 2 N–H and O–H groups in total. The number of amides is 2. The number of ether oxygens (including phenoxy) is 4. The van der Waals surface area contributed by atoms with E-state index in [1.807, 2.05) is 0 Å². The topological polar surface area (TPSA) is 129 Å². The summed E-state index contributed by atoms with van der Waals surface area (Å²) in [6, 6.07) is 0. The van der Waals surface area contributed by atoms with Gasteiger partial charge in [-0.1, -0.05) is 0 Å². The molecule has 24 heavy (non-hydrogen) atoms. The monoisotopic (exact) mass is 348 g/mol. The van der Waals surface area contributed by atoms with E-state index < -0.39 is 30.0 Å². The van der Waals surface area contributed by atoms with Crippen molar-refractivity contribution in [3.05, 3.63) is 0 Å². The van der Waals surface area contributed by atoms with Gasteiger partial charge in [-0.3, -0.25) is 9.59 Å². The minimum atomic E-state index is -0.699. The fourth-order valence-electron chi connectivity index (χ4n) is 1.69. The number of rotatable bonds is 10. The standard InChI is InChI=1S/C14H24N2O8/c1-21-11(17)9-10(5-4-6-15-13(19)22-2)12(18)24-8-7-16-14(20)23-3/h10H,4-9H2,1-3H3,(H,15,19)(H,16,20). The van der Waals surface area contributed by atoms with Crippen molar-refractivity contribution in [2.24, 2.45) is 5.92 Å². The molecule has 2 amide bonds. The van der Waals surface area contributed by atoms with Gasteiger partial charge in [-0.15, -0.1) is 0 Å². The number of carbonyl (C=O) groups excluding carboxylic acids is 4. The molecule has 0 aromatic carbocycles. The Morgan fingerprint density at radius 1 is 0.875 bits per heavy atom. The third-order valence-electron chi connectivity index (χ3n) is 2.96. The lowest BCUT2D eigenvalue weighted by Crippen LogP contribution is -2.30. The lowest BCUT2D eigenvalue weighted by atomic mass is 9.99. The van der Waals surface area contributed by atoms with Crippen LogP contribution in [0.4, 0.5) is 9.59 Å². The van der Waals surface area contributed by atoms with E-state index in [1.54, 1.807) is 0 Å². The molecule has 0 bridgehead atoms. The molecule has 10 heteroatoms. The predicted molar refractivity (Wildman–Crippen MR) is 81.1 cm³/mol. The Morgan fingerprint density at radius 2 is 1.46 bits per heavy atom. The second kappa shape index (κ2) is 13.0. The van der Waals surface area contributed by atoms with Crippen LogP contribution in [-0.4, -0.2) is 65.2 Å². The Bertz CT molecular complexity index is 427. The molecule has 0 fully saturated rings. The number of hydrogen-bond acceptors (Lipinski definition) is 8. The van der Waals surface area contributed by atoms with E-state index in [0.29, 0.717) is 19.4 Å². The van der Waals surface area contributed by atoms with E-state index in [9.17, 15) is 19.2 Å². The van der Waals surface area contributed by atoms with E-state index in [4.69, 9.17) is 4.74 Å². The largest absolute Gasteiger partial charge is 0.469 e. The zero-order chi connectivity index (χ0) is 18.4. The first-order chi connectivity index (χ1) is 11.4. The Hall–Kier alpha value is -2.52. The third kappa shape index (κ3) is 10.2. The number of methoxy groups -OCH3 is 3. The van der Waals surface area contributed by atoms with Crippen molar-refractivity contribution in [2.45, 2.75) is 19.3 Å². The normalized spacial score (nSPS) is 11.0. The molecule has 0 rings (SSSR count). The van der Waals surface area contributed by atoms with Gasteiger partial charge in [0.05, 0.1) is 40.2 Å². The minimum absolute atomic E-state index is 0.0496. The minimum Gasteiger partial charge on any atom is -0.469 e. The molecule has 1 atom stereocenters. The van der Waals surface area contributed by atoms with E-state index in [0.717, 1.165) is 0 Å². The van der Waals surface area contributed by atoms with Crippen LogP contribution in [0.3, 0.4) is 0 Å². The van der Waals surface area contributed by atoms with Crippen LogP contribution in [0.15, 0.2) is 0 Å². The Kier molecular flexibility index (Phi) is 11.6. The second-order valence-corrected chi connectivity index (χ2v) is 4.62. The van der Waals surface area contributed by atoms with Gasteiger partial charge in [-0.05, 0) is 12.8 Å². The van der Waals surface area contributed by atoms with Crippen LogP contribution in [-0.2, 0) is 28.5 Å². The van der Waals surface area contributed by atoms with E-state index in [1.165, 1.54) is 21.3 Å². The summed E-state index contributed by atoms with van der Waals surface area (Å²) in [5.41, 5.74) is 0. The van der Waals surface area contributed by atoms with E-state index >= 15 is 0 Å². The van der Waals surface area contributed by atoms with Gasteiger partial charge in [0.25, 0.3) is 0 Å². The number of nitrogens with one attached hydrogen (secondary N) is 2. The van der Waals surface area contributed by atoms with Crippen molar-refractivity contribution in [3.63, 3.8) is 0 Å². The maximum absolute atomic E-state index is 12.0. The lowest BCUT2D eigenvalue weighted by Gasteiger charge is -2.15. The number of carbonyl (C=O) groups is 4. The highest BCUT2D eigenvalue weighted by atomic mass is 16.5. The molecular weight excluding hydrogens is 324 g/mol. The van der Waals surface area contributed by atoms with Crippen LogP contribution < -0.4 is 10.6 Å². The molecule has 0 aliphatic carbocycles. The summed E-state index contributed by atoms with van der Waals surface area (Å²) in [4.78, 5) is 45.2. The molecule has 0 aliphatic heterocycles. The fraction of sp³-hybridized carbons (Fsp3) is 0.714. The van der Waals surface area contributed by atoms with E-state index in [2.05, 4.69) is 24.8 Å². The van der Waals surface area contributed by atoms with Crippen molar-refractivity contribution in [1.82, 2.24) is 10.6 Å². The van der Waals surface area contributed by atoms with Gasteiger partial charge in [0.15, 0.2) is 0 Å². The molecule has 10 nitrogen and oxygen atoms in total. The maximum Gasteiger partial charge on any atom is 0.406 e. The van der Waals surface area contributed by atoms with Crippen LogP contribution in [0.2, 0.25) is 0 Å². The fourth-order valence-corrected chi connectivity index (χ4v) is 1.69. The van der Waals surface area contributed by atoms with Gasteiger partial charge in [-0.25, -0.2) is 9.59 Å². The Labute approximate surface area is 140 Å². The quantitative estimate of drug-likeness (QED) is 0.325. The lowest BCUT2D eigenvalue weighted by molar-refractivity contribution is -0.154. The summed E-state index contributed by atoms with van der Waals surface area (Å²) in [5.74, 6) is -1.81. The summed E-state index contributed by atoms with van der Waals surface area (Å²) in [6.45, 7) is 0.334. The first kappa shape index (κ1) is 21.5. The van der Waals surface area contributed by atoms with Crippen LogP contribution in [0, 0.1) is 5.92 Å². The van der Waals surface area contributed by atoms with Gasteiger partial charge in [-0.2, -0.15) is 0 Å². The molecule has 0 aliphatic rings. The highest BCUT2D eigenvalue weighted by Gasteiger charge is 2.23. The molecule has 0 saturated carbocycles. The number of alkyl carbamates (subject to hydrolysis) is 2. The van der Waals surface area contributed by atoms with Crippen molar-refractivity contribution in [2.75, 3.05) is 41.0 Å². The summed E-state index contributed by atoms with van der Waals surface area (Å²) >= 11 is 0. The second-order valence-electron chi connectivity index (χ2n) is 4.62. The maximum atomic E-state index is 12.0. The molecule has 0 heterocycles. The van der Waals surface area contributed by atoms with Gasteiger partial charge in [0.1, 0.15) is 6.61 Å². The van der Waals surface area contributed by atoms with Gasteiger partial charge in [0.2, 0.25) is 0 Å². The first-order valence-corrected chi connectivity index (χ1v) is 7.31. The van der Waals surface area contributed by atoms with Crippen molar-refractivity contribution in [1.29, 1.82) is 0 Å². The predicted octanol–water partition coefficient (Wildman–Crippen LogP) is 0.201. The summed E-state index contributed by atoms with van der Waals surface area (Å²) in [5, 5.41) is 4.83. The average molecular weight is 348 g/mol. The molecule has 0 spiro atoms. The number of esters is 2. The molecule has 0 radical (unpaired) electrons. The zero-order valence-corrected chi connectivity index (χ0v) is 14.1. The first-order valence-electron chi connectivity index (χ1n) is 7.31. The van der Waals surface area contributed by atoms with Gasteiger partial charge >= 0.3 is 24.1 Å². The molecular formula is C14H24N2O8. The highest BCUT2D eigenvalue weighted by Crippen LogP contribution is 2.14. The number of hydrogen-bond donors (Lipinski definition) is 2. The molecule has 0 aromatic rings. The molecule has 0 saturated heterocycles. The average Bonchev–Trinajstić information content (AvgIpc) is 2.59. The molecule has 138 valence electrons. The molecule has 1 unspecified atom stereocenters.